The summed E-state index contributed by atoms with van der Waals surface area (Å²) in [6, 6.07) is 17.3. The first kappa shape index (κ1) is 27.3. The second-order valence-corrected chi connectivity index (χ2v) is 8.39. The molecule has 1 amide bonds. The van der Waals surface area contributed by atoms with E-state index in [1.165, 1.54) is 44.3 Å². The zero-order valence-electron chi connectivity index (χ0n) is 20.7. The van der Waals surface area contributed by atoms with Crippen molar-refractivity contribution in [2.45, 2.75) is 71.3 Å². The van der Waals surface area contributed by atoms with Crippen LogP contribution in [0.1, 0.15) is 86.2 Å². The molecule has 0 aromatic heterocycles. The number of rotatable bonds is 16. The van der Waals surface area contributed by atoms with Gasteiger partial charge in [-0.3, -0.25) is 14.4 Å². The van der Waals surface area contributed by atoms with E-state index in [1.807, 2.05) is 60.7 Å². The summed E-state index contributed by atoms with van der Waals surface area (Å²) in [7, 11) is 1.37. The van der Waals surface area contributed by atoms with E-state index < -0.39 is 0 Å². The summed E-state index contributed by atoms with van der Waals surface area (Å²) >= 11 is 0. The van der Waals surface area contributed by atoms with Crippen molar-refractivity contribution in [1.82, 2.24) is 5.06 Å². The molecule has 0 atom stereocenters. The lowest BCUT2D eigenvalue weighted by atomic mass is 10.0. The average Bonchev–Trinajstić information content (AvgIpc) is 2.88. The van der Waals surface area contributed by atoms with Gasteiger partial charge in [-0.2, -0.15) is 0 Å². The first-order valence-electron chi connectivity index (χ1n) is 12.5. The Balaban J connectivity index is 2.02. The van der Waals surface area contributed by atoms with Gasteiger partial charge in [-0.05, 0) is 36.5 Å². The largest absolute Gasteiger partial charge is 0.469 e. The highest BCUT2D eigenvalue weighted by molar-refractivity contribution is 5.97. The minimum Gasteiger partial charge on any atom is -0.469 e. The van der Waals surface area contributed by atoms with Crippen LogP contribution in [0.25, 0.3) is 6.08 Å². The van der Waals surface area contributed by atoms with Crippen LogP contribution >= 0.6 is 0 Å². The lowest BCUT2D eigenvalue weighted by molar-refractivity contribution is -0.144. The van der Waals surface area contributed by atoms with E-state index >= 15 is 0 Å². The number of carbonyl (C=O) groups is 2. The Bertz CT molecular complexity index is 879. The maximum atomic E-state index is 13.4. The normalized spacial score (nSPS) is 11.0. The number of benzene rings is 2. The molecule has 0 aliphatic rings. The molecule has 0 spiro atoms. The van der Waals surface area contributed by atoms with Gasteiger partial charge in [0.2, 0.25) is 0 Å². The number of esters is 1. The second kappa shape index (κ2) is 16.7. The number of hydroxylamine groups is 2. The van der Waals surface area contributed by atoms with Crippen molar-refractivity contribution in [3.63, 3.8) is 0 Å². The summed E-state index contributed by atoms with van der Waals surface area (Å²) in [5.74, 6) is -0.505. The number of carbonyl (C=O) groups excluding carboxylic acids is 2. The molecule has 34 heavy (non-hydrogen) atoms. The number of hydrogen-bond donors (Lipinski definition) is 0. The van der Waals surface area contributed by atoms with E-state index in [1.54, 1.807) is 0 Å². The minimum atomic E-state index is -0.298. The summed E-state index contributed by atoms with van der Waals surface area (Å²) in [5.41, 5.74) is 2.44. The highest BCUT2D eigenvalue weighted by Crippen LogP contribution is 2.17. The SMILES string of the molecule is CCCCCCCCC=Cc1ccccc1C(=O)N(CCCC(=O)OC)OCc1ccccc1. The van der Waals surface area contributed by atoms with Crippen LogP contribution < -0.4 is 0 Å². The van der Waals surface area contributed by atoms with Crippen molar-refractivity contribution in [3.05, 3.63) is 77.4 Å². The molecule has 0 saturated heterocycles. The smallest absolute Gasteiger partial charge is 0.305 e. The van der Waals surface area contributed by atoms with Gasteiger partial charge in [0.05, 0.1) is 7.11 Å². The van der Waals surface area contributed by atoms with Crippen molar-refractivity contribution < 1.29 is 19.2 Å². The van der Waals surface area contributed by atoms with Crippen LogP contribution in [-0.4, -0.2) is 30.6 Å². The molecular weight excluding hydrogens is 426 g/mol. The van der Waals surface area contributed by atoms with Gasteiger partial charge in [0.1, 0.15) is 6.61 Å². The van der Waals surface area contributed by atoms with Gasteiger partial charge in [-0.25, -0.2) is 5.06 Å². The van der Waals surface area contributed by atoms with Gasteiger partial charge < -0.3 is 4.74 Å². The van der Waals surface area contributed by atoms with E-state index in [2.05, 4.69) is 13.0 Å². The third-order valence-corrected chi connectivity index (χ3v) is 5.64. The molecule has 2 rings (SSSR count). The zero-order valence-corrected chi connectivity index (χ0v) is 20.7. The maximum Gasteiger partial charge on any atom is 0.305 e. The lowest BCUT2D eigenvalue weighted by Gasteiger charge is -2.23. The second-order valence-electron chi connectivity index (χ2n) is 8.39. The fraction of sp³-hybridized carbons (Fsp3) is 0.448. The van der Waals surface area contributed by atoms with Gasteiger partial charge in [0, 0.05) is 18.5 Å². The Kier molecular flexibility index (Phi) is 13.4. The summed E-state index contributed by atoms with van der Waals surface area (Å²) in [6.07, 6.45) is 13.5. The molecule has 0 saturated carbocycles. The van der Waals surface area contributed by atoms with Crippen LogP contribution in [-0.2, 0) is 21.0 Å². The van der Waals surface area contributed by atoms with Gasteiger partial charge in [-0.1, -0.05) is 99.7 Å². The van der Waals surface area contributed by atoms with Crippen molar-refractivity contribution in [3.8, 4) is 0 Å². The monoisotopic (exact) mass is 465 g/mol. The van der Waals surface area contributed by atoms with Crippen LogP contribution in [0.5, 0.6) is 0 Å². The van der Waals surface area contributed by atoms with Gasteiger partial charge in [-0.15, -0.1) is 0 Å². The first-order chi connectivity index (χ1) is 16.7. The minimum absolute atomic E-state index is 0.208. The average molecular weight is 466 g/mol. The fourth-order valence-electron chi connectivity index (χ4n) is 3.64. The topological polar surface area (TPSA) is 55.8 Å². The molecule has 0 aliphatic heterocycles. The van der Waals surface area contributed by atoms with Gasteiger partial charge >= 0.3 is 5.97 Å². The number of amides is 1. The van der Waals surface area contributed by atoms with E-state index in [4.69, 9.17) is 9.57 Å². The number of methoxy groups -OCH3 is 1. The maximum absolute atomic E-state index is 13.4. The van der Waals surface area contributed by atoms with Crippen LogP contribution in [0.4, 0.5) is 0 Å². The molecule has 2 aromatic carbocycles. The number of allylic oxidation sites excluding steroid dienone is 1. The van der Waals surface area contributed by atoms with Crippen molar-refractivity contribution in [2.75, 3.05) is 13.7 Å². The molecule has 5 heteroatoms. The molecule has 184 valence electrons. The molecule has 0 bridgehead atoms. The van der Waals surface area contributed by atoms with E-state index in [-0.39, 0.29) is 24.9 Å². The molecule has 0 N–H and O–H groups in total. The van der Waals surface area contributed by atoms with Crippen LogP contribution in [0.15, 0.2) is 60.7 Å². The third kappa shape index (κ3) is 10.3. The fourth-order valence-corrected chi connectivity index (χ4v) is 3.64. The standard InChI is InChI=1S/C29H39NO4/c1-3-4-5-6-7-8-9-13-19-26-20-14-15-21-27(26)29(32)30(23-16-22-28(31)33-2)34-24-25-17-11-10-12-18-25/h10-15,17-21H,3-9,16,22-24H2,1-2H3. The molecule has 5 nitrogen and oxygen atoms in total. The Labute approximate surface area is 204 Å². The predicted octanol–water partition coefficient (Wildman–Crippen LogP) is 6.98. The molecule has 2 aromatic rings. The number of ether oxygens (including phenoxy) is 1. The Hall–Kier alpha value is -2.92. The Morgan fingerprint density at radius 2 is 1.59 bits per heavy atom. The summed E-state index contributed by atoms with van der Waals surface area (Å²) in [6.45, 7) is 2.81. The molecule has 0 heterocycles. The predicted molar refractivity (Wildman–Crippen MR) is 137 cm³/mol. The van der Waals surface area contributed by atoms with Crippen LogP contribution in [0, 0.1) is 0 Å². The molecule has 0 radical (unpaired) electrons. The van der Waals surface area contributed by atoms with E-state index in [9.17, 15) is 9.59 Å². The third-order valence-electron chi connectivity index (χ3n) is 5.64. The summed E-state index contributed by atoms with van der Waals surface area (Å²) in [4.78, 5) is 30.9. The van der Waals surface area contributed by atoms with Gasteiger partial charge in [0.25, 0.3) is 5.91 Å². The van der Waals surface area contributed by atoms with Gasteiger partial charge in [0.15, 0.2) is 0 Å². The quantitative estimate of drug-likeness (QED) is 0.152. The van der Waals surface area contributed by atoms with Crippen LogP contribution in [0.3, 0.4) is 0 Å². The number of unbranched alkanes of at least 4 members (excludes halogenated alkanes) is 6. The highest BCUT2D eigenvalue weighted by Gasteiger charge is 2.19. The molecule has 0 aliphatic carbocycles. The van der Waals surface area contributed by atoms with E-state index in [0.717, 1.165) is 24.0 Å². The Morgan fingerprint density at radius 3 is 2.35 bits per heavy atom. The van der Waals surface area contributed by atoms with Crippen molar-refractivity contribution >= 4 is 18.0 Å². The summed E-state index contributed by atoms with van der Waals surface area (Å²) < 4.78 is 4.72. The Morgan fingerprint density at radius 1 is 0.882 bits per heavy atom. The molecular formula is C29H39NO4. The number of nitrogens with zero attached hydrogens (tertiary/aromatic N) is 1. The van der Waals surface area contributed by atoms with E-state index in [0.29, 0.717) is 18.5 Å². The van der Waals surface area contributed by atoms with Crippen LogP contribution in [0.2, 0.25) is 0 Å². The highest BCUT2D eigenvalue weighted by atomic mass is 16.7. The lowest BCUT2D eigenvalue weighted by Crippen LogP contribution is -2.33. The zero-order chi connectivity index (χ0) is 24.4. The van der Waals surface area contributed by atoms with Crippen molar-refractivity contribution in [1.29, 1.82) is 0 Å². The molecule has 0 fully saturated rings. The first-order valence-corrected chi connectivity index (χ1v) is 12.5. The number of hydrogen-bond acceptors (Lipinski definition) is 4. The summed E-state index contributed by atoms with van der Waals surface area (Å²) in [5, 5.41) is 1.37. The van der Waals surface area contributed by atoms with Crippen molar-refractivity contribution in [2.24, 2.45) is 0 Å². The molecule has 0 unspecified atom stereocenters.